The molecular weight excluding hydrogens is 1020 g/mol. The molecule has 418 valence electrons. The Morgan fingerprint density at radius 1 is 0.305 bits per heavy atom. The highest BCUT2D eigenvalue weighted by molar-refractivity contribution is 6.24. The molecule has 82 heavy (non-hydrogen) atoms. The number of benzene rings is 11. The van der Waals surface area contributed by atoms with Crippen molar-refractivity contribution in [1.29, 1.82) is 0 Å². The minimum Gasteiger partial charge on any atom is -0.493 e. The van der Waals surface area contributed by atoms with E-state index in [0.29, 0.717) is 85.6 Å². The predicted molar refractivity (Wildman–Crippen MR) is 335 cm³/mol. The molecule has 0 aliphatic carbocycles. The lowest BCUT2D eigenvalue weighted by Crippen LogP contribution is -2.10. The molecule has 0 unspecified atom stereocenters. The van der Waals surface area contributed by atoms with Gasteiger partial charge >= 0.3 is 0 Å². The fraction of sp³-hybridized carbons (Fsp3) is 0.250. The molecular formula is C72H70O10. The van der Waals surface area contributed by atoms with Crippen LogP contribution in [0.25, 0.3) is 88.9 Å². The molecule has 0 amide bonds. The molecule has 0 aliphatic rings. The van der Waals surface area contributed by atoms with Gasteiger partial charge in [0.1, 0.15) is 24.7 Å². The van der Waals surface area contributed by atoms with Crippen LogP contribution in [0.2, 0.25) is 0 Å². The lowest BCUT2D eigenvalue weighted by molar-refractivity contribution is 0.0962. The van der Waals surface area contributed by atoms with Crippen molar-refractivity contribution in [3.05, 3.63) is 179 Å². The van der Waals surface area contributed by atoms with Crippen molar-refractivity contribution in [3.8, 4) is 46.0 Å². The summed E-state index contributed by atoms with van der Waals surface area (Å²) in [5, 5.41) is 15.8. The van der Waals surface area contributed by atoms with E-state index in [1.165, 1.54) is 75.8 Å². The zero-order valence-corrected chi connectivity index (χ0v) is 47.7. The van der Waals surface area contributed by atoms with Gasteiger partial charge in [-0.05, 0) is 162 Å². The normalized spacial score (nSPS) is 11.9. The SMILES string of the molecule is COc1cc(/C=C/c2cc(OCCOCCCCc3ccc4ccc5cccc6ccc3c4c56)c(/C=C/c3cc(OC)c(OC)c(OC)c3)cc2OCCOCCCCc2ccc3ccc4cccc5ccc2c3c45)cc(OC)c1OC. The number of ether oxygens (including phenoxy) is 10. The zero-order chi connectivity index (χ0) is 56.4. The average molecular weight is 1100 g/mol. The van der Waals surface area contributed by atoms with Gasteiger partial charge in [0, 0.05) is 24.3 Å². The third-order valence-corrected chi connectivity index (χ3v) is 15.6. The van der Waals surface area contributed by atoms with E-state index >= 15 is 0 Å². The lowest BCUT2D eigenvalue weighted by atomic mass is 9.91. The fourth-order valence-corrected chi connectivity index (χ4v) is 11.6. The summed E-state index contributed by atoms with van der Waals surface area (Å²) in [6, 6.07) is 51.9. The molecule has 10 heteroatoms. The van der Waals surface area contributed by atoms with Crippen LogP contribution in [0.5, 0.6) is 46.0 Å². The molecule has 0 spiro atoms. The molecule has 0 aliphatic heterocycles. The summed E-state index contributed by atoms with van der Waals surface area (Å²) in [6.07, 6.45) is 13.8. The highest BCUT2D eigenvalue weighted by Crippen LogP contribution is 2.42. The first-order valence-corrected chi connectivity index (χ1v) is 28.3. The van der Waals surface area contributed by atoms with Crippen molar-refractivity contribution >= 4 is 88.9 Å². The summed E-state index contributed by atoms with van der Waals surface area (Å²) < 4.78 is 59.8. The van der Waals surface area contributed by atoms with Crippen molar-refractivity contribution in [2.24, 2.45) is 0 Å². The van der Waals surface area contributed by atoms with E-state index in [2.05, 4.69) is 109 Å². The molecule has 11 aromatic rings. The van der Waals surface area contributed by atoms with E-state index < -0.39 is 0 Å². The molecule has 0 heterocycles. The molecule has 0 saturated carbocycles. The number of aryl methyl sites for hydroxylation is 2. The van der Waals surface area contributed by atoms with E-state index in [0.717, 1.165) is 60.8 Å². The van der Waals surface area contributed by atoms with Crippen LogP contribution in [0.4, 0.5) is 0 Å². The summed E-state index contributed by atoms with van der Waals surface area (Å²) in [5.74, 6) is 4.54. The minimum absolute atomic E-state index is 0.334. The summed E-state index contributed by atoms with van der Waals surface area (Å²) in [4.78, 5) is 0. The molecule has 11 rings (SSSR count). The van der Waals surface area contributed by atoms with Crippen LogP contribution >= 0.6 is 0 Å². The summed E-state index contributed by atoms with van der Waals surface area (Å²) in [7, 11) is 9.63. The van der Waals surface area contributed by atoms with Crippen molar-refractivity contribution in [3.63, 3.8) is 0 Å². The van der Waals surface area contributed by atoms with Gasteiger partial charge < -0.3 is 47.4 Å². The van der Waals surface area contributed by atoms with Gasteiger partial charge in [0.2, 0.25) is 11.5 Å². The Kier molecular flexibility index (Phi) is 17.4. The molecule has 10 nitrogen and oxygen atoms in total. The van der Waals surface area contributed by atoms with Gasteiger partial charge in [-0.1, -0.05) is 133 Å². The summed E-state index contributed by atoms with van der Waals surface area (Å²) in [5.41, 5.74) is 6.03. The Balaban J connectivity index is 0.784. The van der Waals surface area contributed by atoms with Crippen LogP contribution in [0, 0.1) is 0 Å². The Bertz CT molecular complexity index is 3700. The van der Waals surface area contributed by atoms with Crippen LogP contribution in [0.1, 0.15) is 59.1 Å². The largest absolute Gasteiger partial charge is 0.493 e. The lowest BCUT2D eigenvalue weighted by Gasteiger charge is -2.16. The van der Waals surface area contributed by atoms with Crippen LogP contribution in [0.15, 0.2) is 146 Å². The highest BCUT2D eigenvalue weighted by atomic mass is 16.5. The second-order valence-electron chi connectivity index (χ2n) is 20.5. The molecule has 0 aromatic heterocycles. The summed E-state index contributed by atoms with van der Waals surface area (Å²) in [6.45, 7) is 2.75. The average Bonchev–Trinajstić information content (AvgIpc) is 2.50. The Morgan fingerprint density at radius 2 is 0.659 bits per heavy atom. The summed E-state index contributed by atoms with van der Waals surface area (Å²) >= 11 is 0. The van der Waals surface area contributed by atoms with Crippen LogP contribution in [0.3, 0.4) is 0 Å². The third kappa shape index (κ3) is 11.7. The van der Waals surface area contributed by atoms with E-state index in [9.17, 15) is 0 Å². The van der Waals surface area contributed by atoms with Crippen molar-refractivity contribution in [2.45, 2.75) is 38.5 Å². The maximum Gasteiger partial charge on any atom is 0.203 e. The Morgan fingerprint density at radius 3 is 1.02 bits per heavy atom. The quantitative estimate of drug-likeness (QED) is 0.0268. The molecule has 0 N–H and O–H groups in total. The number of hydrogen-bond donors (Lipinski definition) is 0. The van der Waals surface area contributed by atoms with E-state index in [4.69, 9.17) is 47.4 Å². The van der Waals surface area contributed by atoms with Gasteiger partial charge in [-0.25, -0.2) is 0 Å². The van der Waals surface area contributed by atoms with Gasteiger partial charge in [0.15, 0.2) is 23.0 Å². The van der Waals surface area contributed by atoms with Crippen molar-refractivity contribution < 1.29 is 47.4 Å². The zero-order valence-electron chi connectivity index (χ0n) is 47.7. The molecule has 0 atom stereocenters. The molecule has 0 radical (unpaired) electrons. The standard InChI is InChI=1S/C72H70O10/c1-73-63-41-47(42-64(74-2)71(63)77-5)19-21-57-45-62(82-40-38-80-36-10-8-14-50-24-26-56-30-28-52-16-12-18-54-32-34-60(50)70(56)68(52)54)58(22-20-48-43-65(75-3)72(78-6)66(44-48)76-4)46-61(57)81-39-37-79-35-9-7-13-49-23-25-55-29-27-51-15-11-17-53-31-33-59(49)69(55)67(51)53/h11-12,15-34,41-46H,7-10,13-14,35-40H2,1-6H3/b21-19+,22-20+. The number of methoxy groups -OCH3 is 6. The number of unbranched alkanes of at least 4 members (excludes halogenated alkanes) is 2. The molecule has 0 bridgehead atoms. The monoisotopic (exact) mass is 1090 g/mol. The Labute approximate surface area is 479 Å². The van der Waals surface area contributed by atoms with E-state index in [1.807, 2.05) is 60.7 Å². The maximum atomic E-state index is 6.63. The molecule has 11 aromatic carbocycles. The second kappa shape index (κ2) is 25.8. The van der Waals surface area contributed by atoms with Gasteiger partial charge in [-0.2, -0.15) is 0 Å². The fourth-order valence-electron chi connectivity index (χ4n) is 11.6. The number of hydrogen-bond acceptors (Lipinski definition) is 10. The maximum absolute atomic E-state index is 6.63. The molecule has 0 fully saturated rings. The number of rotatable bonds is 28. The smallest absolute Gasteiger partial charge is 0.203 e. The van der Waals surface area contributed by atoms with Gasteiger partial charge in [0.05, 0.1) is 55.9 Å². The first-order chi connectivity index (χ1) is 40.4. The van der Waals surface area contributed by atoms with Crippen molar-refractivity contribution in [2.75, 3.05) is 82.3 Å². The van der Waals surface area contributed by atoms with E-state index in [-0.39, 0.29) is 0 Å². The topological polar surface area (TPSA) is 92.3 Å². The molecule has 0 saturated heterocycles. The van der Waals surface area contributed by atoms with Crippen LogP contribution < -0.4 is 37.9 Å². The van der Waals surface area contributed by atoms with Crippen LogP contribution in [-0.4, -0.2) is 82.3 Å². The first kappa shape index (κ1) is 55.2. The first-order valence-electron chi connectivity index (χ1n) is 28.3. The van der Waals surface area contributed by atoms with E-state index in [1.54, 1.807) is 42.7 Å². The highest BCUT2D eigenvalue weighted by Gasteiger charge is 2.17. The minimum atomic E-state index is 0.334. The van der Waals surface area contributed by atoms with Crippen molar-refractivity contribution in [1.82, 2.24) is 0 Å². The van der Waals surface area contributed by atoms with Crippen LogP contribution in [-0.2, 0) is 22.3 Å². The second-order valence-corrected chi connectivity index (χ2v) is 20.5. The third-order valence-electron chi connectivity index (χ3n) is 15.6. The predicted octanol–water partition coefficient (Wildman–Crippen LogP) is 16.7. The van der Waals surface area contributed by atoms with Gasteiger partial charge in [-0.3, -0.25) is 0 Å². The van der Waals surface area contributed by atoms with Gasteiger partial charge in [-0.15, -0.1) is 0 Å². The van der Waals surface area contributed by atoms with Gasteiger partial charge in [0.25, 0.3) is 0 Å². The Hall–Kier alpha value is -8.70.